The lowest BCUT2D eigenvalue weighted by atomic mass is 10.1. The van der Waals surface area contributed by atoms with E-state index in [2.05, 4.69) is 4.74 Å². The van der Waals surface area contributed by atoms with Crippen LogP contribution in [-0.2, 0) is 4.74 Å². The first kappa shape index (κ1) is 12.9. The van der Waals surface area contributed by atoms with E-state index in [1.54, 1.807) is 26.4 Å². The number of hydrogen-bond acceptors (Lipinski definition) is 3. The molecule has 0 aliphatic carbocycles. The van der Waals surface area contributed by atoms with Crippen molar-refractivity contribution in [2.45, 2.75) is 6.92 Å². The van der Waals surface area contributed by atoms with Gasteiger partial charge in [0.2, 0.25) is 0 Å². The lowest BCUT2D eigenvalue weighted by Crippen LogP contribution is -1.91. The number of hydrogen-bond donors (Lipinski definition) is 1. The largest absolute Gasteiger partial charge is 0.397 e. The van der Waals surface area contributed by atoms with Gasteiger partial charge in [-0.15, -0.1) is 0 Å². The van der Waals surface area contributed by atoms with Crippen molar-refractivity contribution in [2.75, 3.05) is 20.0 Å². The zero-order valence-corrected chi connectivity index (χ0v) is 9.26. The number of nitrogen functional groups attached to an aromatic ring is 1. The highest BCUT2D eigenvalue weighted by Crippen LogP contribution is 2.23. The van der Waals surface area contributed by atoms with E-state index in [9.17, 15) is 4.79 Å². The number of aryl methyl sites for hydroxylation is 1. The summed E-state index contributed by atoms with van der Waals surface area (Å²) in [6, 6.07) is 3.26. The van der Waals surface area contributed by atoms with Gasteiger partial charge < -0.3 is 10.5 Å². The Morgan fingerprint density at radius 2 is 1.93 bits per heavy atom. The number of carbonyl (C=O) groups is 1. The summed E-state index contributed by atoms with van der Waals surface area (Å²) in [6.07, 6.45) is 0.750. The normalized spacial score (nSPS) is 8.86. The van der Waals surface area contributed by atoms with E-state index in [-0.39, 0.29) is 0 Å². The predicted octanol–water partition coefficient (Wildman–Crippen LogP) is 2.31. The summed E-state index contributed by atoms with van der Waals surface area (Å²) in [4.78, 5) is 10.3. The molecule has 0 radical (unpaired) electrons. The summed E-state index contributed by atoms with van der Waals surface area (Å²) in [5.41, 5.74) is 7.35. The van der Waals surface area contributed by atoms with Crippen LogP contribution in [-0.4, -0.2) is 20.5 Å². The number of rotatable bonds is 1. The number of ether oxygens (including phenoxy) is 1. The molecule has 14 heavy (non-hydrogen) atoms. The summed E-state index contributed by atoms with van der Waals surface area (Å²) in [5.74, 6) is 0. The van der Waals surface area contributed by atoms with Crippen molar-refractivity contribution in [3.63, 3.8) is 0 Å². The molecular formula is C10H14ClNO2. The molecule has 0 heterocycles. The van der Waals surface area contributed by atoms with Gasteiger partial charge in [-0.2, -0.15) is 0 Å². The zero-order chi connectivity index (χ0) is 11.1. The highest BCUT2D eigenvalue weighted by molar-refractivity contribution is 6.33. The molecule has 0 atom stereocenters. The second-order valence-corrected chi connectivity index (χ2v) is 3.15. The van der Waals surface area contributed by atoms with Crippen molar-refractivity contribution in [1.82, 2.24) is 0 Å². The van der Waals surface area contributed by atoms with Crippen LogP contribution in [0.4, 0.5) is 5.69 Å². The first-order valence-corrected chi connectivity index (χ1v) is 4.35. The van der Waals surface area contributed by atoms with Crippen molar-refractivity contribution < 1.29 is 9.53 Å². The molecule has 4 heteroatoms. The van der Waals surface area contributed by atoms with Crippen LogP contribution in [0.15, 0.2) is 12.1 Å². The lowest BCUT2D eigenvalue weighted by molar-refractivity contribution is 0.112. The van der Waals surface area contributed by atoms with Gasteiger partial charge >= 0.3 is 0 Å². The number of carbonyl (C=O) groups excluding carboxylic acids is 1. The number of anilines is 1. The molecule has 2 N–H and O–H groups in total. The zero-order valence-electron chi connectivity index (χ0n) is 8.50. The maximum atomic E-state index is 10.3. The van der Waals surface area contributed by atoms with Gasteiger partial charge in [-0.3, -0.25) is 4.79 Å². The van der Waals surface area contributed by atoms with Gasteiger partial charge in [0.1, 0.15) is 6.29 Å². The topological polar surface area (TPSA) is 52.3 Å². The summed E-state index contributed by atoms with van der Waals surface area (Å²) in [7, 11) is 3.25. The van der Waals surface area contributed by atoms with Crippen molar-refractivity contribution in [3.05, 3.63) is 28.3 Å². The summed E-state index contributed by atoms with van der Waals surface area (Å²) in [5, 5.41) is 0.524. The lowest BCUT2D eigenvalue weighted by Gasteiger charge is -2.01. The fourth-order valence-corrected chi connectivity index (χ4v) is 1.00. The molecule has 1 rings (SSSR count). The Morgan fingerprint density at radius 3 is 2.29 bits per heavy atom. The Hall–Kier alpha value is -1.06. The second-order valence-electron chi connectivity index (χ2n) is 2.77. The van der Waals surface area contributed by atoms with Crippen molar-refractivity contribution in [3.8, 4) is 0 Å². The molecule has 0 saturated heterocycles. The van der Waals surface area contributed by atoms with Gasteiger partial charge in [-0.25, -0.2) is 0 Å². The second kappa shape index (κ2) is 6.40. The van der Waals surface area contributed by atoms with E-state index in [1.807, 2.05) is 6.92 Å². The molecule has 0 aromatic heterocycles. The van der Waals surface area contributed by atoms with Crippen LogP contribution in [0.3, 0.4) is 0 Å². The van der Waals surface area contributed by atoms with Crippen LogP contribution < -0.4 is 5.73 Å². The quantitative estimate of drug-likeness (QED) is 0.578. The van der Waals surface area contributed by atoms with Crippen LogP contribution in [0, 0.1) is 6.92 Å². The van der Waals surface area contributed by atoms with Gasteiger partial charge in [-0.1, -0.05) is 11.6 Å². The average Bonchev–Trinajstić information content (AvgIpc) is 2.14. The number of halogens is 1. The highest BCUT2D eigenvalue weighted by atomic mass is 35.5. The summed E-state index contributed by atoms with van der Waals surface area (Å²) < 4.78 is 4.25. The van der Waals surface area contributed by atoms with Gasteiger partial charge in [-0.05, 0) is 24.6 Å². The summed E-state index contributed by atoms with van der Waals surface area (Å²) >= 11 is 5.77. The Balaban J connectivity index is 0.000000500. The average molecular weight is 216 g/mol. The van der Waals surface area contributed by atoms with Crippen molar-refractivity contribution in [1.29, 1.82) is 0 Å². The fraction of sp³-hybridized carbons (Fsp3) is 0.300. The Kier molecular flexibility index (Phi) is 5.92. The van der Waals surface area contributed by atoms with Gasteiger partial charge in [0.05, 0.1) is 10.7 Å². The van der Waals surface area contributed by atoms with Crippen LogP contribution in [0.25, 0.3) is 0 Å². The SMILES string of the molecule is COC.Cc1cc(C=O)cc(N)c1Cl. The maximum absolute atomic E-state index is 10.3. The molecule has 0 fully saturated rings. The molecule has 0 unspecified atom stereocenters. The number of methoxy groups -OCH3 is 1. The van der Waals surface area contributed by atoms with E-state index >= 15 is 0 Å². The molecule has 0 amide bonds. The minimum Gasteiger partial charge on any atom is -0.397 e. The van der Waals surface area contributed by atoms with E-state index in [0.717, 1.165) is 11.8 Å². The van der Waals surface area contributed by atoms with E-state index in [0.29, 0.717) is 16.3 Å². The Morgan fingerprint density at radius 1 is 1.43 bits per heavy atom. The fourth-order valence-electron chi connectivity index (χ4n) is 0.894. The van der Waals surface area contributed by atoms with Gasteiger partial charge in [0.15, 0.2) is 0 Å². The molecule has 3 nitrogen and oxygen atoms in total. The first-order valence-electron chi connectivity index (χ1n) is 3.97. The monoisotopic (exact) mass is 215 g/mol. The third-order valence-electron chi connectivity index (χ3n) is 1.44. The smallest absolute Gasteiger partial charge is 0.150 e. The molecule has 0 aliphatic heterocycles. The van der Waals surface area contributed by atoms with Crippen molar-refractivity contribution >= 4 is 23.6 Å². The molecular weight excluding hydrogens is 202 g/mol. The minimum absolute atomic E-state index is 0.453. The van der Waals surface area contributed by atoms with E-state index in [4.69, 9.17) is 17.3 Å². The Bertz CT molecular complexity index is 290. The predicted molar refractivity (Wildman–Crippen MR) is 58.9 cm³/mol. The molecule has 78 valence electrons. The van der Waals surface area contributed by atoms with E-state index in [1.165, 1.54) is 0 Å². The molecule has 1 aromatic rings. The Labute approximate surface area is 88.8 Å². The maximum Gasteiger partial charge on any atom is 0.150 e. The summed E-state index contributed by atoms with van der Waals surface area (Å²) in [6.45, 7) is 1.81. The standard InChI is InChI=1S/C8H8ClNO.C2H6O/c1-5-2-6(4-11)3-7(10)8(5)9;1-3-2/h2-4H,10H2,1H3;1-2H3. The molecule has 0 spiro atoms. The van der Waals surface area contributed by atoms with Crippen LogP contribution in [0.5, 0.6) is 0 Å². The number of nitrogens with two attached hydrogens (primary N) is 1. The third-order valence-corrected chi connectivity index (χ3v) is 1.96. The van der Waals surface area contributed by atoms with Crippen LogP contribution in [0.1, 0.15) is 15.9 Å². The van der Waals surface area contributed by atoms with E-state index < -0.39 is 0 Å². The molecule has 0 saturated carbocycles. The third kappa shape index (κ3) is 3.77. The minimum atomic E-state index is 0.453. The van der Waals surface area contributed by atoms with Crippen LogP contribution in [0.2, 0.25) is 5.02 Å². The highest BCUT2D eigenvalue weighted by Gasteiger charge is 2.01. The molecule has 0 bridgehead atoms. The number of benzene rings is 1. The van der Waals surface area contributed by atoms with Crippen LogP contribution >= 0.6 is 11.6 Å². The first-order chi connectivity index (χ1) is 6.56. The van der Waals surface area contributed by atoms with Gasteiger partial charge in [0, 0.05) is 19.8 Å². The number of aldehydes is 1. The molecule has 0 aliphatic rings. The van der Waals surface area contributed by atoms with Gasteiger partial charge in [0.25, 0.3) is 0 Å². The van der Waals surface area contributed by atoms with Crippen molar-refractivity contribution in [2.24, 2.45) is 0 Å². The molecule has 1 aromatic carbocycles.